The van der Waals surface area contributed by atoms with Crippen LogP contribution in [0.3, 0.4) is 0 Å². The Labute approximate surface area is 155 Å². The van der Waals surface area contributed by atoms with Crippen molar-refractivity contribution in [2.24, 2.45) is 0 Å². The van der Waals surface area contributed by atoms with E-state index in [1.165, 1.54) is 41.4 Å². The largest absolute Gasteiger partial charge is 0.305 e. The number of nitro benzene ring substituents is 1. The van der Waals surface area contributed by atoms with Crippen molar-refractivity contribution in [1.82, 2.24) is 4.98 Å². The summed E-state index contributed by atoms with van der Waals surface area (Å²) in [6, 6.07) is 6.90. The molecule has 0 unspecified atom stereocenters. The van der Waals surface area contributed by atoms with Crippen molar-refractivity contribution in [3.05, 3.63) is 57.8 Å². The highest BCUT2D eigenvalue weighted by molar-refractivity contribution is 7.90. The van der Waals surface area contributed by atoms with Crippen LogP contribution in [-0.4, -0.2) is 36.8 Å². The Hall–Kier alpha value is -3.14. The molecular formula is C17H17N3O6S. The molecule has 1 amide bonds. The van der Waals surface area contributed by atoms with Crippen LogP contribution in [0.4, 0.5) is 11.4 Å². The smallest absolute Gasteiger partial charge is 0.280 e. The number of carbonyl (C=O) groups excluding carboxylic acids is 2. The van der Waals surface area contributed by atoms with E-state index in [1.807, 2.05) is 0 Å². The summed E-state index contributed by atoms with van der Waals surface area (Å²) in [5.41, 5.74) is -0.0115. The number of nitrogens with zero attached hydrogens (tertiary/aromatic N) is 3. The first kappa shape index (κ1) is 20.2. The number of benzene rings is 1. The van der Waals surface area contributed by atoms with Crippen molar-refractivity contribution in [2.45, 2.75) is 24.9 Å². The number of anilines is 1. The van der Waals surface area contributed by atoms with Gasteiger partial charge in [-0.1, -0.05) is 13.0 Å². The van der Waals surface area contributed by atoms with E-state index in [1.54, 1.807) is 6.92 Å². The molecule has 1 heterocycles. The Morgan fingerprint density at radius 2 is 2.04 bits per heavy atom. The molecule has 0 atom stereocenters. The lowest BCUT2D eigenvalue weighted by Crippen LogP contribution is -2.31. The van der Waals surface area contributed by atoms with Gasteiger partial charge in [0, 0.05) is 24.9 Å². The molecule has 9 nitrogen and oxygen atoms in total. The van der Waals surface area contributed by atoms with Gasteiger partial charge in [0.15, 0.2) is 21.1 Å². The van der Waals surface area contributed by atoms with Crippen molar-refractivity contribution in [1.29, 1.82) is 0 Å². The minimum Gasteiger partial charge on any atom is -0.305 e. The first-order valence-electron chi connectivity index (χ1n) is 7.87. The van der Waals surface area contributed by atoms with Gasteiger partial charge in [-0.15, -0.1) is 0 Å². The molecule has 0 fully saturated rings. The fraction of sp³-hybridized carbons (Fsp3) is 0.235. The number of carbonyl (C=O) groups is 2. The third-order valence-corrected chi connectivity index (χ3v) is 4.77. The Kier molecular flexibility index (Phi) is 6.01. The quantitative estimate of drug-likeness (QED) is 0.402. The van der Waals surface area contributed by atoms with E-state index in [0.717, 1.165) is 6.26 Å². The zero-order valence-corrected chi connectivity index (χ0v) is 15.5. The number of sulfone groups is 1. The zero-order chi connectivity index (χ0) is 20.2. The topological polar surface area (TPSA) is 128 Å². The van der Waals surface area contributed by atoms with Gasteiger partial charge in [-0.3, -0.25) is 19.7 Å². The number of nitro groups is 1. The molecule has 0 aliphatic carbocycles. The Balaban J connectivity index is 2.56. The Morgan fingerprint density at radius 1 is 1.33 bits per heavy atom. The lowest BCUT2D eigenvalue weighted by Gasteiger charge is -2.24. The monoisotopic (exact) mass is 391 g/mol. The van der Waals surface area contributed by atoms with Gasteiger partial charge in [0.25, 0.3) is 5.69 Å². The van der Waals surface area contributed by atoms with Gasteiger partial charge in [0.1, 0.15) is 0 Å². The molecule has 2 aromatic rings. The molecule has 2 rings (SSSR count). The molecule has 10 heteroatoms. The van der Waals surface area contributed by atoms with Crippen LogP contribution in [-0.2, 0) is 21.2 Å². The van der Waals surface area contributed by atoms with Crippen LogP contribution in [0.1, 0.15) is 29.3 Å². The van der Waals surface area contributed by atoms with Gasteiger partial charge in [-0.2, -0.15) is 0 Å². The molecule has 0 aliphatic rings. The van der Waals surface area contributed by atoms with E-state index >= 15 is 0 Å². The average molecular weight is 391 g/mol. The van der Waals surface area contributed by atoms with Crippen molar-refractivity contribution < 1.29 is 22.9 Å². The fourth-order valence-electron chi connectivity index (χ4n) is 2.50. The van der Waals surface area contributed by atoms with Crippen LogP contribution >= 0.6 is 0 Å². The van der Waals surface area contributed by atoms with E-state index < -0.39 is 14.8 Å². The maximum Gasteiger partial charge on any atom is 0.280 e. The predicted octanol–water partition coefficient (Wildman–Crippen LogP) is 2.15. The van der Waals surface area contributed by atoms with Crippen molar-refractivity contribution in [3.8, 4) is 0 Å². The highest BCUT2D eigenvalue weighted by atomic mass is 32.2. The molecule has 0 saturated carbocycles. The van der Waals surface area contributed by atoms with Crippen LogP contribution < -0.4 is 4.90 Å². The van der Waals surface area contributed by atoms with Gasteiger partial charge in [-0.25, -0.2) is 13.4 Å². The molecule has 0 spiro atoms. The minimum absolute atomic E-state index is 0.0877. The van der Waals surface area contributed by atoms with Gasteiger partial charge >= 0.3 is 0 Å². The first-order valence-corrected chi connectivity index (χ1v) is 9.76. The summed E-state index contributed by atoms with van der Waals surface area (Å²) in [5.74, 6) is -0.380. The second kappa shape index (κ2) is 8.04. The summed E-state index contributed by atoms with van der Waals surface area (Å²) in [7, 11) is -3.70. The van der Waals surface area contributed by atoms with E-state index in [0.29, 0.717) is 11.8 Å². The molecule has 27 heavy (non-hydrogen) atoms. The molecule has 142 valence electrons. The maximum atomic E-state index is 12.5. The van der Waals surface area contributed by atoms with Crippen molar-refractivity contribution >= 4 is 33.4 Å². The highest BCUT2D eigenvalue weighted by Gasteiger charge is 2.24. The summed E-state index contributed by atoms with van der Waals surface area (Å²) in [6.45, 7) is 1.50. The number of hydrogen-bond donors (Lipinski definition) is 0. The van der Waals surface area contributed by atoms with Crippen LogP contribution in [0.25, 0.3) is 0 Å². The molecule has 0 bridgehead atoms. The average Bonchev–Trinajstić information content (AvgIpc) is 2.64. The lowest BCUT2D eigenvalue weighted by molar-refractivity contribution is -0.385. The second-order valence-electron chi connectivity index (χ2n) is 5.70. The number of amides is 1. The summed E-state index contributed by atoms with van der Waals surface area (Å²) in [5, 5.41) is 10.9. The molecule has 1 aromatic carbocycles. The molecule has 1 aromatic heterocycles. The van der Waals surface area contributed by atoms with Crippen LogP contribution in [0.15, 0.2) is 41.6 Å². The van der Waals surface area contributed by atoms with Crippen molar-refractivity contribution in [3.63, 3.8) is 0 Å². The molecule has 0 aliphatic heterocycles. The van der Waals surface area contributed by atoms with Crippen molar-refractivity contribution in [2.75, 3.05) is 11.2 Å². The summed E-state index contributed by atoms with van der Waals surface area (Å²) < 4.78 is 24.0. The predicted molar refractivity (Wildman–Crippen MR) is 97.3 cm³/mol. The van der Waals surface area contributed by atoms with E-state index in [-0.39, 0.29) is 40.8 Å². The van der Waals surface area contributed by atoms with Gasteiger partial charge in [0.2, 0.25) is 5.91 Å². The fourth-order valence-corrected chi connectivity index (χ4v) is 3.31. The standard InChI is InChI=1S/C17H17N3O6S/c1-3-16(22)19(14-5-4-8-18-17(14)27(2,25)26)10-12-6-7-13(11-21)15(9-12)20(23)24/h4-9,11H,3,10H2,1-2H3. The summed E-state index contributed by atoms with van der Waals surface area (Å²) in [4.78, 5) is 38.9. The summed E-state index contributed by atoms with van der Waals surface area (Å²) >= 11 is 0. The molecule has 0 N–H and O–H groups in total. The highest BCUT2D eigenvalue weighted by Crippen LogP contribution is 2.27. The van der Waals surface area contributed by atoms with Gasteiger partial charge in [-0.05, 0) is 23.8 Å². The molecular weight excluding hydrogens is 374 g/mol. The molecule has 0 radical (unpaired) electrons. The normalized spacial score (nSPS) is 11.0. The minimum atomic E-state index is -3.70. The third-order valence-electron chi connectivity index (χ3n) is 3.76. The number of rotatable bonds is 7. The van der Waals surface area contributed by atoms with Gasteiger partial charge in [0.05, 0.1) is 22.7 Å². The van der Waals surface area contributed by atoms with E-state index in [2.05, 4.69) is 4.98 Å². The molecule has 0 saturated heterocycles. The SMILES string of the molecule is CCC(=O)N(Cc1ccc(C=O)c([N+](=O)[O-])c1)c1cccnc1S(C)(=O)=O. The third kappa shape index (κ3) is 4.53. The van der Waals surface area contributed by atoms with E-state index in [9.17, 15) is 28.1 Å². The number of aldehydes is 1. The number of hydrogen-bond acceptors (Lipinski definition) is 7. The zero-order valence-electron chi connectivity index (χ0n) is 14.7. The van der Waals surface area contributed by atoms with Crippen LogP contribution in [0.2, 0.25) is 0 Å². The summed E-state index contributed by atoms with van der Waals surface area (Å²) in [6.07, 6.45) is 2.75. The maximum absolute atomic E-state index is 12.5. The van der Waals surface area contributed by atoms with Crippen LogP contribution in [0, 0.1) is 10.1 Å². The lowest BCUT2D eigenvalue weighted by atomic mass is 10.1. The number of pyridine rings is 1. The number of aromatic nitrogens is 1. The Morgan fingerprint density at radius 3 is 2.59 bits per heavy atom. The van der Waals surface area contributed by atoms with Gasteiger partial charge < -0.3 is 4.90 Å². The second-order valence-corrected chi connectivity index (χ2v) is 7.63. The van der Waals surface area contributed by atoms with Crippen LogP contribution in [0.5, 0.6) is 0 Å². The Bertz CT molecular complexity index is 1000. The van der Waals surface area contributed by atoms with E-state index in [4.69, 9.17) is 0 Å². The first-order chi connectivity index (χ1) is 12.7.